The lowest BCUT2D eigenvalue weighted by Crippen LogP contribution is -1.93. The Morgan fingerprint density at radius 2 is 2.23 bits per heavy atom. The quantitative estimate of drug-likeness (QED) is 0.375. The summed E-state index contributed by atoms with van der Waals surface area (Å²) in [6.45, 7) is 0. The average Bonchev–Trinajstić information content (AvgIpc) is 2.07. The van der Waals surface area contributed by atoms with E-state index in [0.29, 0.717) is 14.0 Å². The van der Waals surface area contributed by atoms with E-state index in [4.69, 9.17) is 5.26 Å². The van der Waals surface area contributed by atoms with Crippen molar-refractivity contribution in [3.63, 3.8) is 0 Å². The molecule has 0 fully saturated rings. The van der Waals surface area contributed by atoms with Crippen molar-refractivity contribution in [1.82, 2.24) is 0 Å². The van der Waals surface area contributed by atoms with Gasteiger partial charge in [-0.3, -0.25) is 10.1 Å². The second kappa shape index (κ2) is 3.93. The molecule has 0 unspecified atom stereocenters. The molecule has 13 heavy (non-hydrogen) atoms. The lowest BCUT2D eigenvalue weighted by atomic mass is 10.2. The highest BCUT2D eigenvalue weighted by Gasteiger charge is 2.14. The van der Waals surface area contributed by atoms with E-state index in [0.717, 1.165) is 0 Å². The van der Waals surface area contributed by atoms with Gasteiger partial charge in [0.15, 0.2) is 0 Å². The molecule has 1 aromatic carbocycles. The molecule has 0 spiro atoms. The summed E-state index contributed by atoms with van der Waals surface area (Å²) in [7, 11) is 0. The predicted molar refractivity (Wildman–Crippen MR) is 57.8 cm³/mol. The van der Waals surface area contributed by atoms with Gasteiger partial charge in [-0.25, -0.2) is 0 Å². The molecule has 0 amide bonds. The second-order valence-electron chi connectivity index (χ2n) is 2.19. The summed E-state index contributed by atoms with van der Waals surface area (Å²) in [6, 6.07) is 4.63. The van der Waals surface area contributed by atoms with Crippen molar-refractivity contribution >= 4 is 40.9 Å². The Kier molecular flexibility index (Phi) is 3.11. The van der Waals surface area contributed by atoms with E-state index < -0.39 is 4.92 Å². The molecule has 0 aliphatic carbocycles. The molecule has 0 N–H and O–H groups in total. The summed E-state index contributed by atoms with van der Waals surface area (Å²) in [4.78, 5) is 10.3. The standard InChI is InChI=1S/C7H3IN2O2S/c8-5-1-4(3-9)7(13)2-6(5)10(11)12/h1-2,13H. The number of thiol groups is 1. The third-order valence-corrected chi connectivity index (χ3v) is 2.62. The van der Waals surface area contributed by atoms with Gasteiger partial charge in [0.05, 0.1) is 14.1 Å². The lowest BCUT2D eigenvalue weighted by molar-refractivity contribution is -0.386. The number of hydrogen-bond acceptors (Lipinski definition) is 4. The average molecular weight is 306 g/mol. The molecule has 1 aromatic rings. The van der Waals surface area contributed by atoms with Crippen molar-refractivity contribution in [2.75, 3.05) is 0 Å². The Balaban J connectivity index is 3.39. The first-order valence-corrected chi connectivity index (χ1v) is 4.66. The van der Waals surface area contributed by atoms with E-state index in [1.807, 2.05) is 28.7 Å². The molecule has 0 saturated carbocycles. The Morgan fingerprint density at radius 1 is 1.62 bits per heavy atom. The van der Waals surface area contributed by atoms with Gasteiger partial charge in [0, 0.05) is 11.0 Å². The van der Waals surface area contributed by atoms with Crippen LogP contribution < -0.4 is 0 Å². The molecule has 4 nitrogen and oxygen atoms in total. The highest BCUT2D eigenvalue weighted by Crippen LogP contribution is 2.26. The summed E-state index contributed by atoms with van der Waals surface area (Å²) < 4.78 is 0.442. The first-order valence-electron chi connectivity index (χ1n) is 3.13. The molecular formula is C7H3IN2O2S. The lowest BCUT2D eigenvalue weighted by Gasteiger charge is -1.98. The van der Waals surface area contributed by atoms with E-state index >= 15 is 0 Å². The van der Waals surface area contributed by atoms with E-state index in [1.54, 1.807) is 0 Å². The molecule has 0 bridgehead atoms. The zero-order valence-electron chi connectivity index (χ0n) is 6.19. The van der Waals surface area contributed by atoms with E-state index in [9.17, 15) is 10.1 Å². The van der Waals surface area contributed by atoms with Crippen LogP contribution in [0.3, 0.4) is 0 Å². The van der Waals surface area contributed by atoms with Crippen LogP contribution in [0.4, 0.5) is 5.69 Å². The maximum Gasteiger partial charge on any atom is 0.283 e. The zero-order valence-corrected chi connectivity index (χ0v) is 9.24. The molecular weight excluding hydrogens is 303 g/mol. The van der Waals surface area contributed by atoms with Crippen LogP contribution in [-0.4, -0.2) is 4.92 Å². The first-order chi connectivity index (χ1) is 6.06. The van der Waals surface area contributed by atoms with E-state index in [-0.39, 0.29) is 5.69 Å². The molecule has 66 valence electrons. The smallest absolute Gasteiger partial charge is 0.258 e. The molecule has 1 rings (SSSR count). The maximum atomic E-state index is 10.5. The van der Waals surface area contributed by atoms with Crippen molar-refractivity contribution in [1.29, 1.82) is 5.26 Å². The molecule has 0 radical (unpaired) electrons. The molecule has 0 aromatic heterocycles. The van der Waals surface area contributed by atoms with Crippen molar-refractivity contribution in [2.24, 2.45) is 0 Å². The molecule has 0 heterocycles. The van der Waals surface area contributed by atoms with Gasteiger partial charge in [0.2, 0.25) is 0 Å². The first kappa shape index (κ1) is 10.3. The number of rotatable bonds is 1. The largest absolute Gasteiger partial charge is 0.283 e. The molecule has 0 aliphatic heterocycles. The van der Waals surface area contributed by atoms with Crippen molar-refractivity contribution in [2.45, 2.75) is 4.90 Å². The van der Waals surface area contributed by atoms with Crippen LogP contribution in [-0.2, 0) is 0 Å². The van der Waals surface area contributed by atoms with Gasteiger partial charge in [-0.1, -0.05) is 0 Å². The summed E-state index contributed by atoms with van der Waals surface area (Å²) in [6.07, 6.45) is 0. The number of nitro groups is 1. The normalized spacial score (nSPS) is 9.31. The Bertz CT molecular complexity index is 414. The van der Waals surface area contributed by atoms with Crippen molar-refractivity contribution in [3.8, 4) is 6.07 Å². The highest BCUT2D eigenvalue weighted by molar-refractivity contribution is 14.1. The molecule has 6 heteroatoms. The van der Waals surface area contributed by atoms with Gasteiger partial charge in [-0.05, 0) is 28.7 Å². The van der Waals surface area contributed by atoms with Gasteiger partial charge in [0.1, 0.15) is 6.07 Å². The topological polar surface area (TPSA) is 66.9 Å². The number of nitro benzene ring substituents is 1. The predicted octanol–water partition coefficient (Wildman–Crippen LogP) is 2.36. The fourth-order valence-corrected chi connectivity index (χ4v) is 1.68. The maximum absolute atomic E-state index is 10.5. The minimum absolute atomic E-state index is 0.0235. The monoisotopic (exact) mass is 306 g/mol. The summed E-state index contributed by atoms with van der Waals surface area (Å²) in [5, 5.41) is 19.1. The van der Waals surface area contributed by atoms with Gasteiger partial charge >= 0.3 is 0 Å². The van der Waals surface area contributed by atoms with Crippen LogP contribution in [0.1, 0.15) is 5.56 Å². The summed E-state index contributed by atoms with van der Waals surface area (Å²) >= 11 is 5.77. The van der Waals surface area contributed by atoms with Crippen LogP contribution in [0.25, 0.3) is 0 Å². The van der Waals surface area contributed by atoms with Crippen LogP contribution in [0, 0.1) is 25.0 Å². The number of nitriles is 1. The van der Waals surface area contributed by atoms with Gasteiger partial charge in [-0.15, -0.1) is 12.6 Å². The number of halogens is 1. The fraction of sp³-hybridized carbons (Fsp3) is 0. The van der Waals surface area contributed by atoms with Gasteiger partial charge in [0.25, 0.3) is 5.69 Å². The third kappa shape index (κ3) is 2.10. The van der Waals surface area contributed by atoms with Crippen LogP contribution in [0.15, 0.2) is 17.0 Å². The molecule has 0 atom stereocenters. The minimum Gasteiger partial charge on any atom is -0.258 e. The number of benzene rings is 1. The Hall–Kier alpha value is -0.810. The number of nitrogens with zero attached hydrogens (tertiary/aromatic N) is 2. The van der Waals surface area contributed by atoms with Gasteiger partial charge < -0.3 is 0 Å². The van der Waals surface area contributed by atoms with Gasteiger partial charge in [-0.2, -0.15) is 5.26 Å². The molecule has 0 saturated heterocycles. The Morgan fingerprint density at radius 3 is 2.69 bits per heavy atom. The Labute approximate surface area is 93.3 Å². The molecule has 0 aliphatic rings. The van der Waals surface area contributed by atoms with Crippen LogP contribution in [0.5, 0.6) is 0 Å². The number of hydrogen-bond donors (Lipinski definition) is 1. The third-order valence-electron chi connectivity index (χ3n) is 1.38. The summed E-state index contributed by atoms with van der Waals surface area (Å²) in [5.41, 5.74) is 0.322. The minimum atomic E-state index is -0.497. The fourth-order valence-electron chi connectivity index (χ4n) is 0.780. The van der Waals surface area contributed by atoms with E-state index in [2.05, 4.69) is 12.6 Å². The van der Waals surface area contributed by atoms with Crippen LogP contribution in [0.2, 0.25) is 0 Å². The SMILES string of the molecule is N#Cc1cc(I)c([N+](=O)[O-])cc1S. The summed E-state index contributed by atoms with van der Waals surface area (Å²) in [5.74, 6) is 0. The second-order valence-corrected chi connectivity index (χ2v) is 3.83. The highest BCUT2D eigenvalue weighted by atomic mass is 127. The van der Waals surface area contributed by atoms with Crippen molar-refractivity contribution < 1.29 is 4.92 Å². The van der Waals surface area contributed by atoms with Crippen LogP contribution >= 0.6 is 35.2 Å². The van der Waals surface area contributed by atoms with E-state index in [1.165, 1.54) is 12.1 Å². The zero-order chi connectivity index (χ0) is 10.0. The van der Waals surface area contributed by atoms with Crippen molar-refractivity contribution in [3.05, 3.63) is 31.4 Å².